The summed E-state index contributed by atoms with van der Waals surface area (Å²) in [5.41, 5.74) is 22.1. The lowest BCUT2D eigenvalue weighted by Crippen LogP contribution is -2.11. The molecule has 6 aromatic carbocycles. The molecule has 2 aliphatic rings. The first-order chi connectivity index (χ1) is 63.3. The average Bonchev–Trinajstić information content (AvgIpc) is 1.61. The minimum Gasteiger partial charge on any atom is -0.481 e. The molecule has 2 aliphatic carbocycles. The van der Waals surface area contributed by atoms with Crippen LogP contribution in [0.25, 0.3) is 114 Å². The van der Waals surface area contributed by atoms with E-state index in [4.69, 9.17) is 24.4 Å². The minimum atomic E-state index is -0.457. The minimum absolute atomic E-state index is 0.0983. The predicted molar refractivity (Wildman–Crippen MR) is 516 cm³/mol. The van der Waals surface area contributed by atoms with Crippen molar-refractivity contribution in [3.63, 3.8) is 0 Å². The van der Waals surface area contributed by atoms with Crippen molar-refractivity contribution in [2.75, 3.05) is 6.61 Å². The number of benzene rings is 6. The molecule has 650 valence electrons. The number of hydrogen-bond acceptors (Lipinski definition) is 22. The molecule has 12 heterocycles. The molecule has 2 fully saturated rings. The molecule has 4 unspecified atom stereocenters. The van der Waals surface area contributed by atoms with Crippen LogP contribution in [0, 0.1) is 88.5 Å². The van der Waals surface area contributed by atoms with E-state index in [0.29, 0.717) is 95.5 Å². The first kappa shape index (κ1) is 89.2. The predicted octanol–water partition coefficient (Wildman–Crippen LogP) is 19.3. The van der Waals surface area contributed by atoms with Gasteiger partial charge in [0.2, 0.25) is 17.7 Å². The molecule has 0 radical (unpaired) electrons. The first-order valence-electron chi connectivity index (χ1n) is 42.4. The SMILES string of the molecule is C#CCOc1ccc(/C=C/c2nc3ncccc3c(=O)o2)cc1C.Cc1ccc(/C=C/c2nc3ccncc3c(=O)o2)cc1C.Cc1ccc(/C=C/c2nc3cnccc3c(=O)[nH]2)cc1C.Cc1ccc(/C=C/c2nc3ncccc3c(=O)[nH]2)cc1C.Cc1ccc(C2CC2c2nc3ccncc3c(=O)[nH]2)cc1C.Cc1ccc(C2CC2c2nc3cnccc3c(=O)o2)cc1C. The molecule has 25 nitrogen and oxygen atoms in total. The zero-order valence-electron chi connectivity index (χ0n) is 73.9. The molecule has 3 N–H and O–H groups in total. The van der Waals surface area contributed by atoms with E-state index >= 15 is 0 Å². The Bertz CT molecular complexity index is 7440. The van der Waals surface area contributed by atoms with Gasteiger partial charge in [-0.2, -0.15) is 4.98 Å². The highest BCUT2D eigenvalue weighted by Crippen LogP contribution is 2.55. The normalized spacial score (nSPS) is 14.2. The molecular formula is C106H91N15O10. The highest BCUT2D eigenvalue weighted by atomic mass is 16.5. The summed E-state index contributed by atoms with van der Waals surface area (Å²) < 4.78 is 21.2. The zero-order chi connectivity index (χ0) is 91.9. The third-order valence-electron chi connectivity index (χ3n) is 22.8. The Morgan fingerprint density at radius 2 is 0.786 bits per heavy atom. The lowest BCUT2D eigenvalue weighted by atomic mass is 10.0. The van der Waals surface area contributed by atoms with E-state index in [1.54, 1.807) is 135 Å². The standard InChI is InChI=1S/C19H14N2O3.C18H17N3O.C18H16N2O2.2C17H15N3O.C17H14N2O2/c1-3-11-23-16-8-6-14(12-13(16)2)7-9-17-21-18-15(19(22)24-17)5-4-10-20-18;1-10-3-4-12(7-11(10)2)13-8-14(13)17-20-16-5-6-19-9-15(16)18(22)21-17;1-10-3-4-12(7-11(10)2)14-8-15(14)17-20-16-9-19-6-5-13(16)18(21)22-17;1-11-3-4-13(9-12(11)2)5-6-16-19-15-10-18-8-7-14(15)17(21)20-16;1-11-5-6-13(10-12(11)2)7-8-15-19-16-14(17(21)20-15)4-3-9-18-16;1-11-3-4-13(9-12(11)2)5-6-16-19-15-7-8-18-10-14(15)17(20)21-16/h1,4-10,12H,11H2,2H3;3-7,9,13-14H,8H2,1-2H3,(H,20,21,22);3-7,9,14-15H,8H2,1-2H3;3-10H,1-2H3,(H,19,20,21);3-10H,1-2H3,(H,18,19,20,21);3-10H,1-2H3/b9-7+;;;6-5+;8-7+;6-5+. The number of H-pyrrole nitrogens is 3. The van der Waals surface area contributed by atoms with Crippen LogP contribution in [0.3, 0.4) is 0 Å². The number of aryl methyl sites for hydroxylation is 11. The second-order valence-electron chi connectivity index (χ2n) is 32.2. The van der Waals surface area contributed by atoms with Gasteiger partial charge in [0.05, 0.1) is 56.0 Å². The molecule has 2 saturated carbocycles. The van der Waals surface area contributed by atoms with Crippen molar-refractivity contribution < 1.29 is 18.0 Å². The molecule has 131 heavy (non-hydrogen) atoms. The molecule has 4 atom stereocenters. The van der Waals surface area contributed by atoms with Gasteiger partial charge in [-0.25, -0.2) is 49.3 Å². The van der Waals surface area contributed by atoms with Gasteiger partial charge in [-0.1, -0.05) is 115 Å². The fourth-order valence-corrected chi connectivity index (χ4v) is 14.5. The second kappa shape index (κ2) is 40.4. The summed E-state index contributed by atoms with van der Waals surface area (Å²) in [7, 11) is 0. The molecule has 0 bridgehead atoms. The summed E-state index contributed by atoms with van der Waals surface area (Å²) >= 11 is 0. The van der Waals surface area contributed by atoms with E-state index in [2.05, 4.69) is 223 Å². The molecule has 0 amide bonds. The van der Waals surface area contributed by atoms with Crippen LogP contribution >= 0.6 is 0 Å². The fraction of sp³-hybridized carbons (Fsp3) is 0.170. The van der Waals surface area contributed by atoms with Gasteiger partial charge in [0, 0.05) is 73.6 Å². The molecular weight excluding hydrogens is 1640 g/mol. The summed E-state index contributed by atoms with van der Waals surface area (Å²) in [5, 5.41) is 2.84. The molecule has 18 aromatic rings. The number of hydrogen-bond donors (Lipinski definition) is 3. The van der Waals surface area contributed by atoms with E-state index in [-0.39, 0.29) is 46.6 Å². The van der Waals surface area contributed by atoms with Crippen LogP contribution in [-0.4, -0.2) is 81.4 Å². The number of terminal acetylenes is 1. The summed E-state index contributed by atoms with van der Waals surface area (Å²) in [6.07, 6.45) is 37.6. The monoisotopic (exact) mass is 1730 g/mol. The van der Waals surface area contributed by atoms with E-state index in [0.717, 1.165) is 57.7 Å². The highest BCUT2D eigenvalue weighted by Gasteiger charge is 2.44. The van der Waals surface area contributed by atoms with Gasteiger partial charge >= 0.3 is 16.9 Å². The average molecular weight is 1730 g/mol. The van der Waals surface area contributed by atoms with Crippen LogP contribution in [0.1, 0.15) is 166 Å². The van der Waals surface area contributed by atoms with Crippen LogP contribution < -0.4 is 38.3 Å². The summed E-state index contributed by atoms with van der Waals surface area (Å²) in [5.74, 6) is 7.39. The van der Waals surface area contributed by atoms with Crippen molar-refractivity contribution in [2.24, 2.45) is 0 Å². The molecule has 0 aliphatic heterocycles. The number of nitrogens with zero attached hydrogens (tertiary/aromatic N) is 12. The quantitative estimate of drug-likeness (QED) is 0.0851. The first-order valence-corrected chi connectivity index (χ1v) is 42.4. The van der Waals surface area contributed by atoms with Crippen molar-refractivity contribution in [1.82, 2.24) is 74.8 Å². The van der Waals surface area contributed by atoms with E-state index in [9.17, 15) is 28.8 Å². The van der Waals surface area contributed by atoms with E-state index < -0.39 is 11.3 Å². The largest absolute Gasteiger partial charge is 0.481 e. The van der Waals surface area contributed by atoms with Crippen LogP contribution in [0.2, 0.25) is 0 Å². The van der Waals surface area contributed by atoms with Gasteiger partial charge in [0.15, 0.2) is 11.3 Å². The number of nitrogens with one attached hydrogen (secondary N) is 3. The van der Waals surface area contributed by atoms with Crippen molar-refractivity contribution >= 4 is 114 Å². The highest BCUT2D eigenvalue weighted by molar-refractivity contribution is 5.82. The number of ether oxygens (including phenoxy) is 1. The van der Waals surface area contributed by atoms with Crippen LogP contribution in [-0.2, 0) is 0 Å². The Morgan fingerprint density at radius 3 is 1.35 bits per heavy atom. The number of fused-ring (bicyclic) bond motifs is 6. The van der Waals surface area contributed by atoms with E-state index in [1.807, 2.05) is 61.5 Å². The summed E-state index contributed by atoms with van der Waals surface area (Å²) in [6.45, 7) is 23.1. The van der Waals surface area contributed by atoms with Gasteiger partial charge in [-0.15, -0.1) is 6.42 Å². The van der Waals surface area contributed by atoms with Crippen molar-refractivity contribution in [3.8, 4) is 18.1 Å². The number of pyridine rings is 6. The number of aromatic nitrogens is 15. The van der Waals surface area contributed by atoms with Crippen LogP contribution in [0.15, 0.2) is 262 Å². The number of aromatic amines is 3. The third kappa shape index (κ3) is 22.3. The maximum atomic E-state index is 12.1. The fourth-order valence-electron chi connectivity index (χ4n) is 14.5. The Balaban J connectivity index is 0.000000120. The summed E-state index contributed by atoms with van der Waals surface area (Å²) in [4.78, 5) is 131. The smallest absolute Gasteiger partial charge is 0.348 e. The maximum Gasteiger partial charge on any atom is 0.348 e. The lowest BCUT2D eigenvalue weighted by molar-refractivity contribution is 0.368. The number of rotatable bonds is 14. The van der Waals surface area contributed by atoms with Crippen LogP contribution in [0.5, 0.6) is 5.75 Å². The van der Waals surface area contributed by atoms with Crippen LogP contribution in [0.4, 0.5) is 0 Å². The molecule has 25 heteroatoms. The molecule has 0 saturated heterocycles. The molecule has 12 aromatic heterocycles. The maximum absolute atomic E-state index is 12.1. The Labute approximate surface area is 751 Å². The lowest BCUT2D eigenvalue weighted by Gasteiger charge is -2.06. The van der Waals surface area contributed by atoms with Gasteiger partial charge in [-0.3, -0.25) is 34.3 Å². The van der Waals surface area contributed by atoms with Crippen molar-refractivity contribution in [2.45, 2.75) is 113 Å². The molecule has 0 spiro atoms. The summed E-state index contributed by atoms with van der Waals surface area (Å²) in [6, 6.07) is 50.9. The van der Waals surface area contributed by atoms with Crippen molar-refractivity contribution in [1.29, 1.82) is 0 Å². The third-order valence-corrected chi connectivity index (χ3v) is 22.8. The van der Waals surface area contributed by atoms with Gasteiger partial charge in [-0.05, 0) is 280 Å². The topological polar surface area (TPSA) is 353 Å². The Kier molecular flexibility index (Phi) is 27.5. The Hall–Kier alpha value is -16.6. The molecule has 20 rings (SSSR count). The van der Waals surface area contributed by atoms with Crippen molar-refractivity contribution in [3.05, 3.63) is 412 Å². The Morgan fingerprint density at radius 1 is 0.351 bits per heavy atom. The van der Waals surface area contributed by atoms with Gasteiger partial charge < -0.3 is 32.9 Å². The zero-order valence-corrected chi connectivity index (χ0v) is 73.9. The second-order valence-corrected chi connectivity index (χ2v) is 32.2. The van der Waals surface area contributed by atoms with E-state index in [1.165, 1.54) is 73.0 Å². The van der Waals surface area contributed by atoms with Gasteiger partial charge in [0.1, 0.15) is 40.6 Å². The van der Waals surface area contributed by atoms with Gasteiger partial charge in [0.25, 0.3) is 16.7 Å².